The molecule has 112 valence electrons. The third kappa shape index (κ3) is 2.06. The Kier molecular flexibility index (Phi) is 3.25. The SMILES string of the molecule is CC(C)c1cccc2c1NC(c1cccnc1)C1CC=CC21. The van der Waals surface area contributed by atoms with Crippen molar-refractivity contribution in [3.8, 4) is 0 Å². The molecule has 3 unspecified atom stereocenters. The van der Waals surface area contributed by atoms with Gasteiger partial charge in [0.2, 0.25) is 0 Å². The molecular weight excluding hydrogens is 268 g/mol. The van der Waals surface area contributed by atoms with Crippen LogP contribution in [0, 0.1) is 5.92 Å². The van der Waals surface area contributed by atoms with Crippen LogP contribution in [0.1, 0.15) is 54.8 Å². The van der Waals surface area contributed by atoms with Crippen molar-refractivity contribution < 1.29 is 0 Å². The highest BCUT2D eigenvalue weighted by atomic mass is 15.0. The van der Waals surface area contributed by atoms with E-state index in [1.54, 1.807) is 0 Å². The fourth-order valence-corrected chi connectivity index (χ4v) is 4.02. The molecule has 1 aromatic heterocycles. The van der Waals surface area contributed by atoms with Crippen LogP contribution in [-0.2, 0) is 0 Å². The third-order valence-electron chi connectivity index (χ3n) is 5.09. The van der Waals surface area contributed by atoms with E-state index in [1.807, 2.05) is 18.5 Å². The summed E-state index contributed by atoms with van der Waals surface area (Å²) in [6, 6.07) is 11.3. The fraction of sp³-hybridized carbons (Fsp3) is 0.350. The van der Waals surface area contributed by atoms with E-state index in [9.17, 15) is 0 Å². The van der Waals surface area contributed by atoms with Crippen molar-refractivity contribution in [2.45, 2.75) is 38.1 Å². The highest BCUT2D eigenvalue weighted by molar-refractivity contribution is 5.65. The van der Waals surface area contributed by atoms with Gasteiger partial charge >= 0.3 is 0 Å². The molecule has 0 saturated carbocycles. The van der Waals surface area contributed by atoms with E-state index < -0.39 is 0 Å². The summed E-state index contributed by atoms with van der Waals surface area (Å²) in [7, 11) is 0. The molecule has 2 heteroatoms. The van der Waals surface area contributed by atoms with E-state index in [4.69, 9.17) is 0 Å². The van der Waals surface area contributed by atoms with Crippen molar-refractivity contribution in [2.24, 2.45) is 5.92 Å². The lowest BCUT2D eigenvalue weighted by atomic mass is 9.76. The van der Waals surface area contributed by atoms with E-state index in [-0.39, 0.29) is 0 Å². The van der Waals surface area contributed by atoms with E-state index in [0.29, 0.717) is 23.8 Å². The summed E-state index contributed by atoms with van der Waals surface area (Å²) in [5.74, 6) is 1.65. The zero-order valence-corrected chi connectivity index (χ0v) is 13.2. The van der Waals surface area contributed by atoms with E-state index in [1.165, 1.54) is 22.4 Å². The standard InChI is InChI=1S/C20H22N2/c1-13(2)15-7-3-10-18-16-8-4-9-17(16)19(22-20(15)18)14-6-5-11-21-12-14/h3-8,10-13,16-17,19,22H,9H2,1-2H3. The van der Waals surface area contributed by atoms with Crippen LogP contribution in [0.15, 0.2) is 54.9 Å². The van der Waals surface area contributed by atoms with Crippen LogP contribution in [0.5, 0.6) is 0 Å². The van der Waals surface area contributed by atoms with E-state index in [2.05, 4.69) is 60.6 Å². The van der Waals surface area contributed by atoms with Crippen LogP contribution in [0.3, 0.4) is 0 Å². The third-order valence-corrected chi connectivity index (χ3v) is 5.09. The maximum Gasteiger partial charge on any atom is 0.0569 e. The van der Waals surface area contributed by atoms with Gasteiger partial charge < -0.3 is 5.32 Å². The molecule has 2 aromatic rings. The Morgan fingerprint density at radius 1 is 1.18 bits per heavy atom. The minimum atomic E-state index is 0.348. The van der Waals surface area contributed by atoms with Gasteiger partial charge in [0, 0.05) is 24.0 Å². The average molecular weight is 290 g/mol. The second-order valence-corrected chi connectivity index (χ2v) is 6.73. The molecule has 0 radical (unpaired) electrons. The first-order valence-corrected chi connectivity index (χ1v) is 8.21. The van der Waals surface area contributed by atoms with Crippen LogP contribution in [0.4, 0.5) is 5.69 Å². The lowest BCUT2D eigenvalue weighted by Gasteiger charge is -2.38. The molecule has 2 nitrogen and oxygen atoms in total. The van der Waals surface area contributed by atoms with Crippen molar-refractivity contribution in [1.29, 1.82) is 0 Å². The lowest BCUT2D eigenvalue weighted by molar-refractivity contribution is 0.424. The van der Waals surface area contributed by atoms with Gasteiger partial charge in [-0.15, -0.1) is 0 Å². The Bertz CT molecular complexity index is 703. The number of fused-ring (bicyclic) bond motifs is 3. The molecule has 0 amide bonds. The largest absolute Gasteiger partial charge is 0.377 e. The molecule has 0 spiro atoms. The van der Waals surface area contributed by atoms with Gasteiger partial charge in [-0.3, -0.25) is 4.98 Å². The Hall–Kier alpha value is -2.09. The van der Waals surface area contributed by atoms with Gasteiger partial charge in [0.25, 0.3) is 0 Å². The molecule has 2 aliphatic rings. The number of aromatic nitrogens is 1. The smallest absolute Gasteiger partial charge is 0.0569 e. The molecule has 3 atom stereocenters. The van der Waals surface area contributed by atoms with Crippen molar-refractivity contribution in [3.05, 3.63) is 71.6 Å². The number of nitrogens with one attached hydrogen (secondary N) is 1. The van der Waals surface area contributed by atoms with Crippen LogP contribution < -0.4 is 5.32 Å². The van der Waals surface area contributed by atoms with Gasteiger partial charge in [0.05, 0.1) is 6.04 Å². The summed E-state index contributed by atoms with van der Waals surface area (Å²) in [4.78, 5) is 4.33. The number of benzene rings is 1. The number of rotatable bonds is 2. The normalized spacial score (nSPS) is 25.7. The number of para-hydroxylation sites is 1. The second-order valence-electron chi connectivity index (χ2n) is 6.73. The van der Waals surface area contributed by atoms with Crippen LogP contribution in [0.2, 0.25) is 0 Å². The summed E-state index contributed by atoms with van der Waals surface area (Å²) in [5, 5.41) is 3.85. The van der Waals surface area contributed by atoms with Gasteiger partial charge in [-0.05, 0) is 41.0 Å². The Morgan fingerprint density at radius 2 is 2.09 bits per heavy atom. The quantitative estimate of drug-likeness (QED) is 0.784. The number of allylic oxidation sites excluding steroid dienone is 2. The highest BCUT2D eigenvalue weighted by Gasteiger charge is 2.38. The Morgan fingerprint density at radius 3 is 2.86 bits per heavy atom. The van der Waals surface area contributed by atoms with Crippen LogP contribution >= 0.6 is 0 Å². The average Bonchev–Trinajstić information content (AvgIpc) is 3.04. The van der Waals surface area contributed by atoms with Crippen molar-refractivity contribution in [3.63, 3.8) is 0 Å². The molecular formula is C20H22N2. The maximum absolute atomic E-state index is 4.33. The number of anilines is 1. The fourth-order valence-electron chi connectivity index (χ4n) is 4.02. The van der Waals surface area contributed by atoms with Gasteiger partial charge in [0.1, 0.15) is 0 Å². The Labute approximate surface area is 132 Å². The second kappa shape index (κ2) is 5.28. The molecule has 1 N–H and O–H groups in total. The van der Waals surface area contributed by atoms with Crippen molar-refractivity contribution >= 4 is 5.69 Å². The molecule has 1 aromatic carbocycles. The number of hydrogen-bond acceptors (Lipinski definition) is 2. The van der Waals surface area contributed by atoms with E-state index >= 15 is 0 Å². The zero-order valence-electron chi connectivity index (χ0n) is 13.2. The van der Waals surface area contributed by atoms with Gasteiger partial charge in [-0.1, -0.05) is 50.3 Å². The molecule has 2 heterocycles. The summed E-state index contributed by atoms with van der Waals surface area (Å²) >= 11 is 0. The summed E-state index contributed by atoms with van der Waals surface area (Å²) < 4.78 is 0. The van der Waals surface area contributed by atoms with Gasteiger partial charge in [-0.25, -0.2) is 0 Å². The molecule has 0 bridgehead atoms. The molecule has 4 rings (SSSR count). The van der Waals surface area contributed by atoms with E-state index in [0.717, 1.165) is 6.42 Å². The summed E-state index contributed by atoms with van der Waals surface area (Å²) in [6.45, 7) is 4.54. The zero-order chi connectivity index (χ0) is 15.1. The maximum atomic E-state index is 4.33. The number of hydrogen-bond donors (Lipinski definition) is 1. The number of pyridine rings is 1. The van der Waals surface area contributed by atoms with Crippen LogP contribution in [-0.4, -0.2) is 4.98 Å². The molecule has 0 saturated heterocycles. The summed E-state index contributed by atoms with van der Waals surface area (Å²) in [6.07, 6.45) is 9.75. The predicted octanol–water partition coefficient (Wildman–Crippen LogP) is 5.03. The molecule has 1 aliphatic heterocycles. The first-order valence-electron chi connectivity index (χ1n) is 8.21. The first kappa shape index (κ1) is 13.6. The molecule has 0 fully saturated rings. The first-order chi connectivity index (χ1) is 10.8. The topological polar surface area (TPSA) is 24.9 Å². The lowest BCUT2D eigenvalue weighted by Crippen LogP contribution is -2.30. The van der Waals surface area contributed by atoms with Gasteiger partial charge in [0.15, 0.2) is 0 Å². The predicted molar refractivity (Wildman–Crippen MR) is 91.1 cm³/mol. The number of nitrogens with zero attached hydrogens (tertiary/aromatic N) is 1. The molecule has 1 aliphatic carbocycles. The minimum absolute atomic E-state index is 0.348. The minimum Gasteiger partial charge on any atom is -0.377 e. The van der Waals surface area contributed by atoms with Crippen molar-refractivity contribution in [1.82, 2.24) is 4.98 Å². The summed E-state index contributed by atoms with van der Waals surface area (Å²) in [5.41, 5.74) is 5.53. The van der Waals surface area contributed by atoms with Crippen LogP contribution in [0.25, 0.3) is 0 Å². The van der Waals surface area contributed by atoms with Gasteiger partial charge in [-0.2, -0.15) is 0 Å². The van der Waals surface area contributed by atoms with Crippen molar-refractivity contribution in [2.75, 3.05) is 5.32 Å². The highest BCUT2D eigenvalue weighted by Crippen LogP contribution is 2.51. The molecule has 22 heavy (non-hydrogen) atoms. The Balaban J connectivity index is 1.84. The monoisotopic (exact) mass is 290 g/mol.